The van der Waals surface area contributed by atoms with E-state index in [1.165, 1.54) is 0 Å². The van der Waals surface area contributed by atoms with Crippen molar-refractivity contribution >= 4 is 17.4 Å². The number of pyridine rings is 1. The van der Waals surface area contributed by atoms with Gasteiger partial charge in [0.25, 0.3) is 0 Å². The first-order valence-electron chi connectivity index (χ1n) is 6.55. The molecule has 1 aliphatic heterocycles. The van der Waals surface area contributed by atoms with Gasteiger partial charge in [0.05, 0.1) is 17.1 Å². The molecule has 1 saturated heterocycles. The molecular formula is C14H15ClF3N3. The van der Waals surface area contributed by atoms with Gasteiger partial charge in [-0.05, 0) is 12.5 Å². The maximum absolute atomic E-state index is 12.6. The normalized spacial score (nSPS) is 17.4. The van der Waals surface area contributed by atoms with Crippen molar-refractivity contribution < 1.29 is 13.2 Å². The summed E-state index contributed by atoms with van der Waals surface area (Å²) in [4.78, 5) is 7.92. The monoisotopic (exact) mass is 317 g/mol. The molecule has 1 fully saturated rings. The summed E-state index contributed by atoms with van der Waals surface area (Å²) in [7, 11) is 0. The van der Waals surface area contributed by atoms with Crippen molar-refractivity contribution in [3.8, 4) is 12.3 Å². The van der Waals surface area contributed by atoms with E-state index < -0.39 is 11.7 Å². The van der Waals surface area contributed by atoms with Crippen LogP contribution < -0.4 is 4.90 Å². The molecule has 0 atom stereocenters. The van der Waals surface area contributed by atoms with Crippen LogP contribution in [0, 0.1) is 12.3 Å². The first-order valence-corrected chi connectivity index (χ1v) is 6.93. The summed E-state index contributed by atoms with van der Waals surface area (Å²) in [6, 6.07) is 0.925. The highest BCUT2D eigenvalue weighted by Gasteiger charge is 2.32. The van der Waals surface area contributed by atoms with E-state index in [0.717, 1.165) is 31.8 Å². The van der Waals surface area contributed by atoms with Crippen molar-refractivity contribution in [2.24, 2.45) is 0 Å². The number of hydrogen-bond donors (Lipinski definition) is 0. The van der Waals surface area contributed by atoms with Crippen molar-refractivity contribution in [2.75, 3.05) is 37.6 Å². The molecule has 0 amide bonds. The van der Waals surface area contributed by atoms with Crippen LogP contribution in [-0.4, -0.2) is 42.6 Å². The average Bonchev–Trinajstić information content (AvgIpc) is 2.64. The highest BCUT2D eigenvalue weighted by molar-refractivity contribution is 6.33. The SMILES string of the molecule is C#CCN1CCCN(c2ncc(C(F)(F)F)cc2Cl)CC1. The quantitative estimate of drug-likeness (QED) is 0.782. The molecule has 1 aromatic rings. The van der Waals surface area contributed by atoms with Crippen LogP contribution in [0.25, 0.3) is 0 Å². The minimum atomic E-state index is -4.43. The molecule has 0 unspecified atom stereocenters. The number of halogens is 4. The highest BCUT2D eigenvalue weighted by atomic mass is 35.5. The van der Waals surface area contributed by atoms with Gasteiger partial charge < -0.3 is 4.90 Å². The van der Waals surface area contributed by atoms with Crippen LogP contribution in [0.15, 0.2) is 12.3 Å². The van der Waals surface area contributed by atoms with Crippen LogP contribution in [0.4, 0.5) is 19.0 Å². The molecule has 0 radical (unpaired) electrons. The van der Waals surface area contributed by atoms with Crippen molar-refractivity contribution in [3.63, 3.8) is 0 Å². The Balaban J connectivity index is 2.13. The van der Waals surface area contributed by atoms with Crippen LogP contribution in [0.2, 0.25) is 5.02 Å². The van der Waals surface area contributed by atoms with E-state index in [-0.39, 0.29) is 5.02 Å². The van der Waals surface area contributed by atoms with Gasteiger partial charge in [-0.25, -0.2) is 4.98 Å². The van der Waals surface area contributed by atoms with Gasteiger partial charge in [-0.1, -0.05) is 17.5 Å². The number of aromatic nitrogens is 1. The van der Waals surface area contributed by atoms with Crippen LogP contribution >= 0.6 is 11.6 Å². The molecule has 1 aliphatic rings. The van der Waals surface area contributed by atoms with Crippen molar-refractivity contribution in [1.29, 1.82) is 0 Å². The number of anilines is 1. The Bertz CT molecular complexity index is 539. The van der Waals surface area contributed by atoms with E-state index in [4.69, 9.17) is 18.0 Å². The summed E-state index contributed by atoms with van der Waals surface area (Å²) in [5, 5.41) is 0.0234. The van der Waals surface area contributed by atoms with E-state index in [1.54, 1.807) is 0 Å². The Morgan fingerprint density at radius 1 is 1.29 bits per heavy atom. The van der Waals surface area contributed by atoms with Gasteiger partial charge in [-0.2, -0.15) is 13.2 Å². The molecule has 3 nitrogen and oxygen atoms in total. The second kappa shape index (κ2) is 6.54. The van der Waals surface area contributed by atoms with E-state index in [9.17, 15) is 13.2 Å². The number of hydrogen-bond acceptors (Lipinski definition) is 3. The lowest BCUT2D eigenvalue weighted by Crippen LogP contribution is -2.31. The van der Waals surface area contributed by atoms with Crippen LogP contribution in [0.1, 0.15) is 12.0 Å². The topological polar surface area (TPSA) is 19.4 Å². The van der Waals surface area contributed by atoms with Gasteiger partial charge in [-0.3, -0.25) is 4.90 Å². The molecule has 1 aromatic heterocycles. The first-order chi connectivity index (χ1) is 9.91. The molecule has 0 saturated carbocycles. The average molecular weight is 318 g/mol. The van der Waals surface area contributed by atoms with Gasteiger partial charge in [0, 0.05) is 32.4 Å². The van der Waals surface area contributed by atoms with Crippen LogP contribution in [-0.2, 0) is 6.18 Å². The molecule has 114 valence electrons. The fourth-order valence-corrected chi connectivity index (χ4v) is 2.57. The van der Waals surface area contributed by atoms with Gasteiger partial charge in [0.15, 0.2) is 0 Å². The van der Waals surface area contributed by atoms with Gasteiger partial charge in [-0.15, -0.1) is 6.42 Å². The maximum Gasteiger partial charge on any atom is 0.417 e. The third-order valence-corrected chi connectivity index (χ3v) is 3.63. The van der Waals surface area contributed by atoms with E-state index in [0.29, 0.717) is 25.5 Å². The molecule has 2 heterocycles. The zero-order valence-electron chi connectivity index (χ0n) is 11.3. The molecule has 2 rings (SSSR count). The molecule has 0 aromatic carbocycles. The predicted molar refractivity (Wildman–Crippen MR) is 76.4 cm³/mol. The molecule has 0 N–H and O–H groups in total. The Hall–Kier alpha value is -1.45. The molecule has 0 aliphatic carbocycles. The standard InChI is InChI=1S/C14H15ClF3N3/c1-2-4-20-5-3-6-21(8-7-20)13-12(15)9-11(10-19-13)14(16,17)18/h1,9-10H,3-8H2. The number of rotatable bonds is 2. The maximum atomic E-state index is 12.6. The first kappa shape index (κ1) is 15.9. The van der Waals surface area contributed by atoms with Gasteiger partial charge >= 0.3 is 6.18 Å². The number of terminal acetylenes is 1. The largest absolute Gasteiger partial charge is 0.417 e. The summed E-state index contributed by atoms with van der Waals surface area (Å²) in [5.74, 6) is 2.99. The molecule has 21 heavy (non-hydrogen) atoms. The Kier molecular flexibility index (Phi) is 4.96. The zero-order chi connectivity index (χ0) is 15.5. The molecular weight excluding hydrogens is 303 g/mol. The summed E-state index contributed by atoms with van der Waals surface area (Å²) in [5.41, 5.74) is -0.833. The predicted octanol–water partition coefficient (Wildman–Crippen LogP) is 2.90. The highest BCUT2D eigenvalue weighted by Crippen LogP contribution is 2.33. The molecule has 0 spiro atoms. The van der Waals surface area contributed by atoms with Crippen molar-refractivity contribution in [1.82, 2.24) is 9.88 Å². The Morgan fingerprint density at radius 2 is 2.05 bits per heavy atom. The van der Waals surface area contributed by atoms with E-state index >= 15 is 0 Å². The lowest BCUT2D eigenvalue weighted by atomic mass is 10.2. The van der Waals surface area contributed by atoms with Crippen LogP contribution in [0.3, 0.4) is 0 Å². The Morgan fingerprint density at radius 3 is 2.67 bits per heavy atom. The second-order valence-corrected chi connectivity index (χ2v) is 5.26. The summed E-state index contributed by atoms with van der Waals surface area (Å²) in [6.45, 7) is 3.50. The lowest BCUT2D eigenvalue weighted by Gasteiger charge is -2.23. The van der Waals surface area contributed by atoms with Gasteiger partial charge in [0.2, 0.25) is 0 Å². The fraction of sp³-hybridized carbons (Fsp3) is 0.500. The number of alkyl halides is 3. The zero-order valence-corrected chi connectivity index (χ0v) is 12.1. The third kappa shape index (κ3) is 4.02. The number of nitrogens with zero attached hydrogens (tertiary/aromatic N) is 3. The smallest absolute Gasteiger partial charge is 0.354 e. The summed E-state index contributed by atoms with van der Waals surface area (Å²) >= 11 is 5.97. The summed E-state index contributed by atoms with van der Waals surface area (Å²) < 4.78 is 37.8. The Labute approximate surface area is 126 Å². The van der Waals surface area contributed by atoms with Crippen LogP contribution in [0.5, 0.6) is 0 Å². The third-order valence-electron chi connectivity index (χ3n) is 3.35. The van der Waals surface area contributed by atoms with E-state index in [2.05, 4.69) is 15.8 Å². The molecule has 0 bridgehead atoms. The van der Waals surface area contributed by atoms with Crippen molar-refractivity contribution in [2.45, 2.75) is 12.6 Å². The minimum Gasteiger partial charge on any atom is -0.354 e. The van der Waals surface area contributed by atoms with E-state index in [1.807, 2.05) is 4.90 Å². The molecule has 7 heteroatoms. The van der Waals surface area contributed by atoms with Crippen molar-refractivity contribution in [3.05, 3.63) is 22.8 Å². The lowest BCUT2D eigenvalue weighted by molar-refractivity contribution is -0.137. The van der Waals surface area contributed by atoms with Gasteiger partial charge in [0.1, 0.15) is 5.82 Å². The summed E-state index contributed by atoms with van der Waals surface area (Å²) in [6.07, 6.45) is 2.55. The second-order valence-electron chi connectivity index (χ2n) is 4.85. The fourth-order valence-electron chi connectivity index (χ4n) is 2.29. The minimum absolute atomic E-state index is 0.0234.